The monoisotopic (exact) mass is 531 g/mol. The van der Waals surface area contributed by atoms with E-state index in [2.05, 4.69) is 10.2 Å². The van der Waals surface area contributed by atoms with Crippen LogP contribution in [0.3, 0.4) is 0 Å². The number of hydrogen-bond acceptors (Lipinski definition) is 7. The minimum Gasteiger partial charge on any atom is -0.379 e. The van der Waals surface area contributed by atoms with Gasteiger partial charge in [0.25, 0.3) is 5.91 Å². The highest BCUT2D eigenvalue weighted by atomic mass is 32.2. The number of amides is 2. The van der Waals surface area contributed by atoms with Gasteiger partial charge in [-0.05, 0) is 55.0 Å². The number of hydrogen-bond donors (Lipinski definition) is 2. The normalized spacial score (nSPS) is 19.1. The van der Waals surface area contributed by atoms with Gasteiger partial charge in [-0.3, -0.25) is 19.4 Å². The zero-order valence-corrected chi connectivity index (χ0v) is 21.6. The lowest BCUT2D eigenvalue weighted by Crippen LogP contribution is -2.43. The molecule has 2 amide bonds. The molecule has 2 saturated heterocycles. The van der Waals surface area contributed by atoms with Gasteiger partial charge < -0.3 is 15.0 Å². The van der Waals surface area contributed by atoms with Crippen LogP contribution < -0.4 is 15.4 Å². The van der Waals surface area contributed by atoms with Crippen LogP contribution in [-0.2, 0) is 24.3 Å². The molecule has 0 aromatic heterocycles. The summed E-state index contributed by atoms with van der Waals surface area (Å²) in [5.41, 5.74) is 2.11. The number of primary sulfonamides is 1. The Morgan fingerprint density at radius 1 is 1.11 bits per heavy atom. The standard InChI is InChI=1S/C24H29N5O5S2/c1-17-4-2-3-5-20(17)29-21(16-22(30)26-18-6-8-19(9-7-18)36(25,32)33)23(31)28(24(29)35)11-10-27-12-14-34-15-13-27/h2-9,21H,10-16H2,1H3,(H,26,30)(H2,25,32,33). The first-order valence-electron chi connectivity index (χ1n) is 11.6. The van der Waals surface area contributed by atoms with Crippen molar-refractivity contribution in [3.05, 3.63) is 54.1 Å². The molecule has 2 aliphatic rings. The predicted octanol–water partition coefficient (Wildman–Crippen LogP) is 1.31. The van der Waals surface area contributed by atoms with Gasteiger partial charge in [0.2, 0.25) is 15.9 Å². The summed E-state index contributed by atoms with van der Waals surface area (Å²) in [6.45, 7) is 5.94. The van der Waals surface area contributed by atoms with Crippen molar-refractivity contribution < 1.29 is 22.7 Å². The first-order valence-corrected chi connectivity index (χ1v) is 13.5. The fourth-order valence-corrected chi connectivity index (χ4v) is 5.24. The van der Waals surface area contributed by atoms with Gasteiger partial charge in [-0.2, -0.15) is 0 Å². The second-order valence-corrected chi connectivity index (χ2v) is 10.6. The van der Waals surface area contributed by atoms with Crippen molar-refractivity contribution in [1.29, 1.82) is 0 Å². The van der Waals surface area contributed by atoms with Gasteiger partial charge in [-0.15, -0.1) is 0 Å². The molecule has 3 N–H and O–H groups in total. The smallest absolute Gasteiger partial charge is 0.252 e. The molecule has 1 unspecified atom stereocenters. The van der Waals surface area contributed by atoms with Crippen LogP contribution in [-0.4, -0.2) is 80.6 Å². The van der Waals surface area contributed by atoms with Crippen molar-refractivity contribution in [3.63, 3.8) is 0 Å². The van der Waals surface area contributed by atoms with Crippen molar-refractivity contribution in [1.82, 2.24) is 9.80 Å². The van der Waals surface area contributed by atoms with E-state index in [1.54, 1.807) is 9.80 Å². The van der Waals surface area contributed by atoms with Crippen LogP contribution in [0.4, 0.5) is 11.4 Å². The van der Waals surface area contributed by atoms with Crippen molar-refractivity contribution in [2.45, 2.75) is 24.3 Å². The van der Waals surface area contributed by atoms with Crippen LogP contribution in [0, 0.1) is 6.92 Å². The summed E-state index contributed by atoms with van der Waals surface area (Å²) in [6.07, 6.45) is -0.127. The number of thiocarbonyl (C=S) groups is 1. The van der Waals surface area contributed by atoms with Crippen LogP contribution in [0.15, 0.2) is 53.4 Å². The minimum atomic E-state index is -3.84. The predicted molar refractivity (Wildman–Crippen MR) is 140 cm³/mol. The maximum atomic E-state index is 13.5. The molecule has 2 aliphatic heterocycles. The quantitative estimate of drug-likeness (QED) is 0.489. The van der Waals surface area contributed by atoms with Crippen LogP contribution in [0.2, 0.25) is 0 Å². The second kappa shape index (κ2) is 11.0. The summed E-state index contributed by atoms with van der Waals surface area (Å²) in [7, 11) is -3.84. The Kier molecular flexibility index (Phi) is 8.00. The lowest BCUT2D eigenvalue weighted by Gasteiger charge is -2.29. The molecule has 2 aromatic rings. The molecule has 12 heteroatoms. The summed E-state index contributed by atoms with van der Waals surface area (Å²) in [4.78, 5) is 32.0. The topological polar surface area (TPSA) is 125 Å². The Morgan fingerprint density at radius 2 is 1.78 bits per heavy atom. The molecule has 36 heavy (non-hydrogen) atoms. The minimum absolute atomic E-state index is 0.0570. The first kappa shape index (κ1) is 26.2. The summed E-state index contributed by atoms with van der Waals surface area (Å²) in [5, 5.41) is 8.23. The van der Waals surface area contributed by atoms with Crippen LogP contribution in [0.1, 0.15) is 12.0 Å². The number of morpholine rings is 1. The molecule has 1 atom stereocenters. The largest absolute Gasteiger partial charge is 0.379 e. The van der Waals surface area contributed by atoms with E-state index >= 15 is 0 Å². The molecule has 0 radical (unpaired) electrons. The Bertz CT molecular complexity index is 1250. The third kappa shape index (κ3) is 5.90. The zero-order chi connectivity index (χ0) is 25.9. The molecule has 0 aliphatic carbocycles. The van der Waals surface area contributed by atoms with E-state index in [-0.39, 0.29) is 17.2 Å². The fraction of sp³-hybridized carbons (Fsp3) is 0.375. The van der Waals surface area contributed by atoms with Crippen molar-refractivity contribution in [3.8, 4) is 0 Å². The van der Waals surface area contributed by atoms with Gasteiger partial charge in [0, 0.05) is 37.6 Å². The lowest BCUT2D eigenvalue weighted by atomic mass is 10.1. The van der Waals surface area contributed by atoms with Gasteiger partial charge in [0.05, 0.1) is 24.5 Å². The van der Waals surface area contributed by atoms with E-state index in [1.165, 1.54) is 24.3 Å². The molecule has 10 nitrogen and oxygen atoms in total. The summed E-state index contributed by atoms with van der Waals surface area (Å²) in [6, 6.07) is 12.3. The van der Waals surface area contributed by atoms with E-state index < -0.39 is 22.0 Å². The highest BCUT2D eigenvalue weighted by Crippen LogP contribution is 2.30. The third-order valence-corrected chi connectivity index (χ3v) is 7.61. The number of rotatable bonds is 8. The number of ether oxygens (including phenoxy) is 1. The number of anilines is 2. The number of carbonyl (C=O) groups is 2. The molecular weight excluding hydrogens is 502 g/mol. The molecule has 4 rings (SSSR count). The van der Waals surface area contributed by atoms with Crippen LogP contribution >= 0.6 is 12.2 Å². The number of para-hydroxylation sites is 1. The molecule has 192 valence electrons. The fourth-order valence-electron chi connectivity index (χ4n) is 4.32. The van der Waals surface area contributed by atoms with E-state index in [9.17, 15) is 18.0 Å². The second-order valence-electron chi connectivity index (χ2n) is 8.72. The molecule has 2 fully saturated rings. The molecule has 2 aromatic carbocycles. The first-order chi connectivity index (χ1) is 17.1. The Hall–Kier alpha value is -2.90. The van der Waals surface area contributed by atoms with Crippen molar-refractivity contribution >= 4 is 50.5 Å². The van der Waals surface area contributed by atoms with Crippen molar-refractivity contribution in [2.24, 2.45) is 5.14 Å². The van der Waals surface area contributed by atoms with Gasteiger partial charge in [0.15, 0.2) is 5.11 Å². The van der Waals surface area contributed by atoms with E-state index in [4.69, 9.17) is 22.1 Å². The van der Waals surface area contributed by atoms with Gasteiger partial charge in [-0.25, -0.2) is 13.6 Å². The van der Waals surface area contributed by atoms with E-state index in [0.717, 1.165) is 24.3 Å². The number of aryl methyl sites for hydroxylation is 1. The molecule has 0 saturated carbocycles. The lowest BCUT2D eigenvalue weighted by molar-refractivity contribution is -0.129. The highest BCUT2D eigenvalue weighted by molar-refractivity contribution is 7.89. The Balaban J connectivity index is 1.51. The number of nitrogens with zero attached hydrogens (tertiary/aromatic N) is 3. The maximum Gasteiger partial charge on any atom is 0.252 e. The van der Waals surface area contributed by atoms with E-state index in [1.807, 2.05) is 31.2 Å². The van der Waals surface area contributed by atoms with E-state index in [0.29, 0.717) is 37.1 Å². The number of nitrogens with one attached hydrogen (secondary N) is 1. The molecule has 0 spiro atoms. The Morgan fingerprint density at radius 3 is 2.42 bits per heavy atom. The van der Waals surface area contributed by atoms with Gasteiger partial charge >= 0.3 is 0 Å². The molecular formula is C24H29N5O5S2. The average Bonchev–Trinajstić information content (AvgIpc) is 3.07. The third-order valence-electron chi connectivity index (χ3n) is 6.26. The van der Waals surface area contributed by atoms with Crippen molar-refractivity contribution in [2.75, 3.05) is 49.6 Å². The Labute approximate surface area is 216 Å². The number of benzene rings is 2. The zero-order valence-electron chi connectivity index (χ0n) is 19.9. The van der Waals surface area contributed by atoms with Crippen LogP contribution in [0.25, 0.3) is 0 Å². The summed E-state index contributed by atoms with van der Waals surface area (Å²) in [5.74, 6) is -0.621. The number of carbonyl (C=O) groups excluding carboxylic acids is 2. The summed E-state index contributed by atoms with van der Waals surface area (Å²) < 4.78 is 28.3. The highest BCUT2D eigenvalue weighted by Gasteiger charge is 2.44. The number of sulfonamides is 1. The average molecular weight is 532 g/mol. The molecule has 2 heterocycles. The van der Waals surface area contributed by atoms with Crippen LogP contribution in [0.5, 0.6) is 0 Å². The SMILES string of the molecule is Cc1ccccc1N1C(=S)N(CCN2CCOCC2)C(=O)C1CC(=O)Nc1ccc(S(N)(=O)=O)cc1. The maximum absolute atomic E-state index is 13.5. The molecule has 0 bridgehead atoms. The number of nitrogens with two attached hydrogens (primary N) is 1. The van der Waals surface area contributed by atoms with Gasteiger partial charge in [-0.1, -0.05) is 18.2 Å². The van der Waals surface area contributed by atoms with Gasteiger partial charge in [0.1, 0.15) is 6.04 Å². The summed E-state index contributed by atoms with van der Waals surface area (Å²) >= 11 is 5.74.